The molecule has 5 heteroatoms. The van der Waals surface area contributed by atoms with Gasteiger partial charge >= 0.3 is 5.97 Å². The second-order valence-corrected chi connectivity index (χ2v) is 4.10. The Bertz CT molecular complexity index is 203. The minimum Gasteiger partial charge on any atom is -0.434 e. The quantitative estimate of drug-likeness (QED) is 0.439. The SMILES string of the molecule is CCC(CCC(C)O)C(O)OC(=O)C(C)O. The van der Waals surface area contributed by atoms with Crippen molar-refractivity contribution in [3.8, 4) is 0 Å². The summed E-state index contributed by atoms with van der Waals surface area (Å²) in [5, 5.41) is 27.6. The van der Waals surface area contributed by atoms with E-state index in [1.165, 1.54) is 6.92 Å². The van der Waals surface area contributed by atoms with Crippen LogP contribution in [0.25, 0.3) is 0 Å². The zero-order chi connectivity index (χ0) is 12.7. The molecule has 5 nitrogen and oxygen atoms in total. The second-order valence-electron chi connectivity index (χ2n) is 4.10. The van der Waals surface area contributed by atoms with Crippen LogP contribution in [0.4, 0.5) is 0 Å². The first-order chi connectivity index (χ1) is 7.38. The minimum atomic E-state index is -1.23. The van der Waals surface area contributed by atoms with Gasteiger partial charge in [-0.1, -0.05) is 6.92 Å². The summed E-state index contributed by atoms with van der Waals surface area (Å²) < 4.78 is 4.68. The average Bonchev–Trinajstić information content (AvgIpc) is 2.17. The lowest BCUT2D eigenvalue weighted by molar-refractivity contribution is -0.186. The van der Waals surface area contributed by atoms with Gasteiger partial charge in [0.15, 0.2) is 0 Å². The first-order valence-electron chi connectivity index (χ1n) is 5.63. The second kappa shape index (κ2) is 7.60. The summed E-state index contributed by atoms with van der Waals surface area (Å²) in [6.45, 7) is 4.82. The van der Waals surface area contributed by atoms with Gasteiger partial charge in [0.1, 0.15) is 6.10 Å². The van der Waals surface area contributed by atoms with E-state index in [2.05, 4.69) is 4.74 Å². The number of aliphatic hydroxyl groups excluding tert-OH is 3. The summed E-state index contributed by atoms with van der Waals surface area (Å²) in [6, 6.07) is 0. The normalized spacial score (nSPS) is 18.6. The van der Waals surface area contributed by atoms with E-state index in [4.69, 9.17) is 10.2 Å². The Morgan fingerprint density at radius 1 is 1.19 bits per heavy atom. The third kappa shape index (κ3) is 6.05. The highest BCUT2D eigenvalue weighted by atomic mass is 16.6. The maximum absolute atomic E-state index is 11.0. The Hall–Kier alpha value is -0.650. The van der Waals surface area contributed by atoms with E-state index >= 15 is 0 Å². The molecule has 16 heavy (non-hydrogen) atoms. The van der Waals surface area contributed by atoms with Gasteiger partial charge in [0.25, 0.3) is 0 Å². The number of hydrogen-bond acceptors (Lipinski definition) is 5. The monoisotopic (exact) mass is 234 g/mol. The molecule has 0 aliphatic heterocycles. The molecule has 0 aliphatic rings. The molecule has 0 aliphatic carbocycles. The highest BCUT2D eigenvalue weighted by molar-refractivity contribution is 5.73. The van der Waals surface area contributed by atoms with E-state index in [-0.39, 0.29) is 5.92 Å². The molecule has 0 aromatic carbocycles. The van der Waals surface area contributed by atoms with Crippen LogP contribution in [0, 0.1) is 5.92 Å². The van der Waals surface area contributed by atoms with Gasteiger partial charge in [-0.3, -0.25) is 0 Å². The number of rotatable bonds is 7. The van der Waals surface area contributed by atoms with E-state index in [1.54, 1.807) is 6.92 Å². The fourth-order valence-electron chi connectivity index (χ4n) is 1.32. The van der Waals surface area contributed by atoms with Crippen molar-refractivity contribution in [1.82, 2.24) is 0 Å². The standard InChI is InChI=1S/C11H22O5/c1-4-9(6-5-7(2)12)11(15)16-10(14)8(3)13/h7-9,11-13,15H,4-6H2,1-3H3. The van der Waals surface area contributed by atoms with Crippen molar-refractivity contribution in [2.45, 2.75) is 58.5 Å². The predicted molar refractivity (Wildman–Crippen MR) is 58.5 cm³/mol. The Morgan fingerprint density at radius 2 is 1.75 bits per heavy atom. The van der Waals surface area contributed by atoms with E-state index in [1.807, 2.05) is 6.92 Å². The topological polar surface area (TPSA) is 87.0 Å². The molecule has 0 radical (unpaired) electrons. The molecule has 0 aromatic heterocycles. The fourth-order valence-corrected chi connectivity index (χ4v) is 1.32. The van der Waals surface area contributed by atoms with Crippen LogP contribution in [0.15, 0.2) is 0 Å². The third-order valence-corrected chi connectivity index (χ3v) is 2.46. The summed E-state index contributed by atoms with van der Waals surface area (Å²) >= 11 is 0. The smallest absolute Gasteiger partial charge is 0.336 e. The molecule has 0 bridgehead atoms. The maximum atomic E-state index is 11.0. The van der Waals surface area contributed by atoms with Crippen LogP contribution in [0.5, 0.6) is 0 Å². The summed E-state index contributed by atoms with van der Waals surface area (Å²) in [7, 11) is 0. The van der Waals surface area contributed by atoms with Crippen LogP contribution in [0.1, 0.15) is 40.0 Å². The number of carbonyl (C=O) groups is 1. The molecule has 0 amide bonds. The van der Waals surface area contributed by atoms with Gasteiger partial charge in [-0.15, -0.1) is 0 Å². The van der Waals surface area contributed by atoms with Crippen LogP contribution >= 0.6 is 0 Å². The average molecular weight is 234 g/mol. The molecule has 4 atom stereocenters. The van der Waals surface area contributed by atoms with Crippen LogP contribution in [-0.2, 0) is 9.53 Å². The zero-order valence-corrected chi connectivity index (χ0v) is 10.1. The molecule has 0 rings (SSSR count). The summed E-state index contributed by atoms with van der Waals surface area (Å²) in [6.07, 6.45) is -1.13. The van der Waals surface area contributed by atoms with Crippen molar-refractivity contribution in [3.05, 3.63) is 0 Å². The number of carbonyl (C=O) groups excluding carboxylic acids is 1. The van der Waals surface area contributed by atoms with Gasteiger partial charge < -0.3 is 20.1 Å². The zero-order valence-electron chi connectivity index (χ0n) is 10.1. The van der Waals surface area contributed by atoms with Crippen molar-refractivity contribution >= 4 is 5.97 Å². The first kappa shape index (κ1) is 15.3. The van der Waals surface area contributed by atoms with Crippen molar-refractivity contribution < 1.29 is 24.9 Å². The van der Waals surface area contributed by atoms with E-state index in [9.17, 15) is 9.90 Å². The highest BCUT2D eigenvalue weighted by Crippen LogP contribution is 2.18. The van der Waals surface area contributed by atoms with Gasteiger partial charge in [-0.25, -0.2) is 4.79 Å². The third-order valence-electron chi connectivity index (χ3n) is 2.46. The van der Waals surface area contributed by atoms with Crippen LogP contribution in [0.3, 0.4) is 0 Å². The fraction of sp³-hybridized carbons (Fsp3) is 0.909. The molecule has 96 valence electrons. The van der Waals surface area contributed by atoms with E-state index < -0.39 is 24.5 Å². The molecule has 0 saturated carbocycles. The van der Waals surface area contributed by atoms with Gasteiger partial charge in [0, 0.05) is 5.92 Å². The molecule has 4 unspecified atom stereocenters. The van der Waals surface area contributed by atoms with Gasteiger partial charge in [0.05, 0.1) is 6.10 Å². The van der Waals surface area contributed by atoms with E-state index in [0.717, 1.165) is 0 Å². The molecule has 0 heterocycles. The van der Waals surface area contributed by atoms with Gasteiger partial charge in [-0.05, 0) is 33.1 Å². The van der Waals surface area contributed by atoms with E-state index in [0.29, 0.717) is 19.3 Å². The maximum Gasteiger partial charge on any atom is 0.336 e. The lowest BCUT2D eigenvalue weighted by atomic mass is 9.98. The Labute approximate surface area is 96.0 Å². The lowest BCUT2D eigenvalue weighted by Crippen LogP contribution is -2.31. The van der Waals surface area contributed by atoms with Gasteiger partial charge in [0.2, 0.25) is 6.29 Å². The number of hydrogen-bond donors (Lipinski definition) is 3. The summed E-state index contributed by atoms with van der Waals surface area (Å²) in [5.41, 5.74) is 0. The van der Waals surface area contributed by atoms with Crippen molar-refractivity contribution in [2.75, 3.05) is 0 Å². The Morgan fingerprint density at radius 3 is 2.12 bits per heavy atom. The number of esters is 1. The van der Waals surface area contributed by atoms with Gasteiger partial charge in [-0.2, -0.15) is 0 Å². The molecule has 0 fully saturated rings. The molecular weight excluding hydrogens is 212 g/mol. The minimum absolute atomic E-state index is 0.211. The predicted octanol–water partition coefficient (Wildman–Crippen LogP) is 0.416. The number of aliphatic hydroxyl groups is 3. The van der Waals surface area contributed by atoms with Crippen LogP contribution in [-0.4, -0.2) is 39.8 Å². The first-order valence-corrected chi connectivity index (χ1v) is 5.63. The molecule has 0 aromatic rings. The Balaban J connectivity index is 4.09. The largest absolute Gasteiger partial charge is 0.434 e. The molecule has 3 N–H and O–H groups in total. The van der Waals surface area contributed by atoms with Crippen LogP contribution < -0.4 is 0 Å². The summed E-state index contributed by atoms with van der Waals surface area (Å²) in [4.78, 5) is 11.0. The lowest BCUT2D eigenvalue weighted by Gasteiger charge is -2.22. The number of ether oxygens (including phenoxy) is 1. The molecular formula is C11H22O5. The molecule has 0 spiro atoms. The van der Waals surface area contributed by atoms with Crippen molar-refractivity contribution in [1.29, 1.82) is 0 Å². The highest BCUT2D eigenvalue weighted by Gasteiger charge is 2.23. The summed E-state index contributed by atoms with van der Waals surface area (Å²) in [5.74, 6) is -1.04. The molecule has 0 saturated heterocycles. The van der Waals surface area contributed by atoms with Crippen LogP contribution in [0.2, 0.25) is 0 Å². The Kier molecular flexibility index (Phi) is 7.29. The van der Waals surface area contributed by atoms with Crippen molar-refractivity contribution in [2.24, 2.45) is 5.92 Å². The van der Waals surface area contributed by atoms with Crippen molar-refractivity contribution in [3.63, 3.8) is 0 Å².